The summed E-state index contributed by atoms with van der Waals surface area (Å²) < 4.78 is 0. The molecule has 84 valence electrons. The number of alkyl halides is 1. The zero-order valence-electron chi connectivity index (χ0n) is 10.2. The Kier molecular flexibility index (Phi) is 4.18. The molecule has 15 heavy (non-hydrogen) atoms. The van der Waals surface area contributed by atoms with Crippen LogP contribution in [-0.2, 0) is 0 Å². The Balaban J connectivity index is 3.37. The van der Waals surface area contributed by atoms with Gasteiger partial charge in [-0.25, -0.2) is 0 Å². The van der Waals surface area contributed by atoms with Gasteiger partial charge in [0.1, 0.15) is 0 Å². The van der Waals surface area contributed by atoms with Gasteiger partial charge in [-0.1, -0.05) is 6.07 Å². The van der Waals surface area contributed by atoms with Crippen LogP contribution in [0, 0.1) is 27.7 Å². The van der Waals surface area contributed by atoms with Crippen molar-refractivity contribution in [2.24, 2.45) is 0 Å². The van der Waals surface area contributed by atoms with Crippen LogP contribution in [-0.4, -0.2) is 12.9 Å². The molecule has 1 rings (SSSR count). The molecule has 0 amide bonds. The van der Waals surface area contributed by atoms with E-state index in [-0.39, 0.29) is 6.04 Å². The van der Waals surface area contributed by atoms with Gasteiger partial charge in [-0.2, -0.15) is 0 Å². The number of hydrogen-bond acceptors (Lipinski definition) is 1. The van der Waals surface area contributed by atoms with E-state index < -0.39 is 0 Å². The minimum absolute atomic E-state index is 0.255. The lowest BCUT2D eigenvalue weighted by Gasteiger charge is -2.22. The molecule has 0 aliphatic carbocycles. The minimum Gasteiger partial charge on any atom is -0.312 e. The van der Waals surface area contributed by atoms with E-state index in [1.54, 1.807) is 0 Å². The fraction of sp³-hybridized carbons (Fsp3) is 0.538. The van der Waals surface area contributed by atoms with Crippen molar-refractivity contribution >= 4 is 11.6 Å². The summed E-state index contributed by atoms with van der Waals surface area (Å²) in [7, 11) is 1.96. The molecule has 1 unspecified atom stereocenters. The average molecular weight is 226 g/mol. The Morgan fingerprint density at radius 1 is 1.13 bits per heavy atom. The molecule has 0 heterocycles. The minimum atomic E-state index is 0.255. The highest BCUT2D eigenvalue weighted by molar-refractivity contribution is 6.18. The maximum absolute atomic E-state index is 5.99. The van der Waals surface area contributed by atoms with Crippen molar-refractivity contribution in [2.75, 3.05) is 12.9 Å². The normalized spacial score (nSPS) is 12.9. The molecule has 0 spiro atoms. The lowest BCUT2D eigenvalue weighted by Crippen LogP contribution is -2.20. The van der Waals surface area contributed by atoms with Gasteiger partial charge in [-0.05, 0) is 62.6 Å². The van der Waals surface area contributed by atoms with Crippen molar-refractivity contribution in [1.82, 2.24) is 5.32 Å². The molecule has 1 aromatic carbocycles. The summed E-state index contributed by atoms with van der Waals surface area (Å²) in [5.74, 6) is 0.612. The summed E-state index contributed by atoms with van der Waals surface area (Å²) in [5, 5.41) is 3.27. The standard InChI is InChI=1S/C13H20ClN/c1-8-6-9(2)11(4)13(10(8)3)12(7-14)15-5/h6,12,15H,7H2,1-5H3. The first-order valence-electron chi connectivity index (χ1n) is 5.33. The fourth-order valence-electron chi connectivity index (χ4n) is 2.07. The third-order valence-electron chi connectivity index (χ3n) is 3.28. The van der Waals surface area contributed by atoms with E-state index in [2.05, 4.69) is 39.1 Å². The molecule has 1 nitrogen and oxygen atoms in total. The topological polar surface area (TPSA) is 12.0 Å². The predicted molar refractivity (Wildman–Crippen MR) is 67.9 cm³/mol. The monoisotopic (exact) mass is 225 g/mol. The van der Waals surface area contributed by atoms with Crippen molar-refractivity contribution in [1.29, 1.82) is 0 Å². The quantitative estimate of drug-likeness (QED) is 0.778. The van der Waals surface area contributed by atoms with Gasteiger partial charge in [0.05, 0.1) is 0 Å². The van der Waals surface area contributed by atoms with E-state index in [4.69, 9.17) is 11.6 Å². The fourth-order valence-corrected chi connectivity index (χ4v) is 2.38. The summed E-state index contributed by atoms with van der Waals surface area (Å²) in [4.78, 5) is 0. The second-order valence-electron chi connectivity index (χ2n) is 4.17. The molecular formula is C13H20ClN. The van der Waals surface area contributed by atoms with E-state index in [0.717, 1.165) is 0 Å². The van der Waals surface area contributed by atoms with E-state index in [9.17, 15) is 0 Å². The van der Waals surface area contributed by atoms with Gasteiger partial charge >= 0.3 is 0 Å². The van der Waals surface area contributed by atoms with Gasteiger partial charge in [-0.3, -0.25) is 0 Å². The summed E-state index contributed by atoms with van der Waals surface area (Å²) in [6, 6.07) is 2.50. The van der Waals surface area contributed by atoms with Crippen LogP contribution < -0.4 is 5.32 Å². The van der Waals surface area contributed by atoms with E-state index in [0.29, 0.717) is 5.88 Å². The zero-order chi connectivity index (χ0) is 11.6. The van der Waals surface area contributed by atoms with Gasteiger partial charge < -0.3 is 5.32 Å². The second-order valence-corrected chi connectivity index (χ2v) is 4.48. The van der Waals surface area contributed by atoms with Crippen LogP contribution in [0.4, 0.5) is 0 Å². The largest absolute Gasteiger partial charge is 0.312 e. The van der Waals surface area contributed by atoms with Crippen LogP contribution >= 0.6 is 11.6 Å². The van der Waals surface area contributed by atoms with Crippen molar-refractivity contribution in [2.45, 2.75) is 33.7 Å². The summed E-state index contributed by atoms with van der Waals surface area (Å²) in [6.45, 7) is 8.67. The number of rotatable bonds is 3. The highest BCUT2D eigenvalue weighted by atomic mass is 35.5. The molecule has 0 radical (unpaired) electrons. The van der Waals surface area contributed by atoms with E-state index in [1.807, 2.05) is 7.05 Å². The van der Waals surface area contributed by atoms with Gasteiger partial charge in [0, 0.05) is 11.9 Å². The Hall–Kier alpha value is -0.530. The third-order valence-corrected chi connectivity index (χ3v) is 3.58. The first-order chi connectivity index (χ1) is 7.02. The SMILES string of the molecule is CNC(CCl)c1c(C)c(C)cc(C)c1C. The van der Waals surface area contributed by atoms with Crippen LogP contribution in [0.25, 0.3) is 0 Å². The molecule has 0 aliphatic rings. The number of nitrogens with one attached hydrogen (secondary N) is 1. The lowest BCUT2D eigenvalue weighted by molar-refractivity contribution is 0.649. The molecule has 0 aromatic heterocycles. The zero-order valence-corrected chi connectivity index (χ0v) is 11.0. The Labute approximate surface area is 97.8 Å². The number of halogens is 1. The Morgan fingerprint density at radius 2 is 1.60 bits per heavy atom. The maximum Gasteiger partial charge on any atom is 0.0460 e. The maximum atomic E-state index is 5.99. The Bertz CT molecular complexity index is 328. The number of benzene rings is 1. The van der Waals surface area contributed by atoms with Crippen molar-refractivity contribution in [3.63, 3.8) is 0 Å². The van der Waals surface area contributed by atoms with Crippen LogP contribution in [0.5, 0.6) is 0 Å². The highest BCUT2D eigenvalue weighted by Crippen LogP contribution is 2.27. The molecule has 1 aromatic rings. The van der Waals surface area contributed by atoms with Crippen LogP contribution in [0.15, 0.2) is 6.07 Å². The predicted octanol–water partition coefficient (Wildman–Crippen LogP) is 3.42. The average Bonchev–Trinajstić information content (AvgIpc) is 2.21. The third kappa shape index (κ3) is 2.35. The summed E-state index contributed by atoms with van der Waals surface area (Å²) in [6.07, 6.45) is 0. The first-order valence-corrected chi connectivity index (χ1v) is 5.86. The smallest absolute Gasteiger partial charge is 0.0460 e. The lowest BCUT2D eigenvalue weighted by atomic mass is 9.90. The van der Waals surface area contributed by atoms with Crippen molar-refractivity contribution < 1.29 is 0 Å². The molecule has 0 saturated carbocycles. The van der Waals surface area contributed by atoms with Gasteiger partial charge in [-0.15, -0.1) is 11.6 Å². The molecule has 0 aliphatic heterocycles. The van der Waals surface area contributed by atoms with Gasteiger partial charge in [0.15, 0.2) is 0 Å². The van der Waals surface area contributed by atoms with Crippen molar-refractivity contribution in [3.8, 4) is 0 Å². The second kappa shape index (κ2) is 5.00. The van der Waals surface area contributed by atoms with Crippen LogP contribution in [0.1, 0.15) is 33.9 Å². The Morgan fingerprint density at radius 3 is 1.93 bits per heavy atom. The molecule has 1 N–H and O–H groups in total. The van der Waals surface area contributed by atoms with Crippen molar-refractivity contribution in [3.05, 3.63) is 33.9 Å². The summed E-state index contributed by atoms with van der Waals surface area (Å²) >= 11 is 5.99. The van der Waals surface area contributed by atoms with Gasteiger partial charge in [0.2, 0.25) is 0 Å². The van der Waals surface area contributed by atoms with Gasteiger partial charge in [0.25, 0.3) is 0 Å². The highest BCUT2D eigenvalue weighted by Gasteiger charge is 2.15. The first kappa shape index (κ1) is 12.5. The molecular weight excluding hydrogens is 206 g/mol. The van der Waals surface area contributed by atoms with Crippen LogP contribution in [0.3, 0.4) is 0 Å². The molecule has 0 saturated heterocycles. The molecule has 1 atom stereocenters. The van der Waals surface area contributed by atoms with E-state index >= 15 is 0 Å². The van der Waals surface area contributed by atoms with E-state index in [1.165, 1.54) is 27.8 Å². The molecule has 0 bridgehead atoms. The number of aryl methyl sites for hydroxylation is 2. The van der Waals surface area contributed by atoms with Crippen LogP contribution in [0.2, 0.25) is 0 Å². The number of hydrogen-bond donors (Lipinski definition) is 1. The molecule has 0 fully saturated rings. The summed E-state index contributed by atoms with van der Waals surface area (Å²) in [5.41, 5.74) is 6.78. The molecule has 2 heteroatoms.